The number of piperidine rings is 1. The van der Waals surface area contributed by atoms with Gasteiger partial charge in [0.1, 0.15) is 17.6 Å². The highest BCUT2D eigenvalue weighted by atomic mass is 19.4. The standard InChI is InChI=1S/C24H29B2F3N6O/c1-17(24(27,28)29)33-12-7-19(8-13-33)34-14-9-23(25,26)35(16-15-34)21-4-2-3-20(32-21)22(36)31-18-5-10-30-11-6-18/h2-6,10-11,17,19H,7-9,12-16H2,1H3,(H,30,31,36)/t17-/m0/s1. The van der Waals surface area contributed by atoms with Crippen LogP contribution >= 0.6 is 0 Å². The van der Waals surface area contributed by atoms with Crippen molar-refractivity contribution in [1.29, 1.82) is 0 Å². The van der Waals surface area contributed by atoms with E-state index in [2.05, 4.69) is 20.2 Å². The molecular weight excluding hydrogens is 467 g/mol. The zero-order valence-corrected chi connectivity index (χ0v) is 20.3. The van der Waals surface area contributed by atoms with Crippen LogP contribution in [0.2, 0.25) is 0 Å². The van der Waals surface area contributed by atoms with Gasteiger partial charge in [-0.25, -0.2) is 4.98 Å². The summed E-state index contributed by atoms with van der Waals surface area (Å²) in [6.07, 6.45) is 0.713. The largest absolute Gasteiger partial charge is 0.403 e. The molecule has 0 spiro atoms. The van der Waals surface area contributed by atoms with Gasteiger partial charge in [-0.3, -0.25) is 19.6 Å². The Labute approximate surface area is 212 Å². The number of carbonyl (C=O) groups excluding carboxylic acids is 1. The number of aromatic nitrogens is 2. The second-order valence-electron chi connectivity index (χ2n) is 9.48. The summed E-state index contributed by atoms with van der Waals surface area (Å²) < 4.78 is 39.3. The third-order valence-corrected chi connectivity index (χ3v) is 7.13. The van der Waals surface area contributed by atoms with Gasteiger partial charge in [-0.15, -0.1) is 0 Å². The van der Waals surface area contributed by atoms with Gasteiger partial charge >= 0.3 is 6.18 Å². The number of carbonyl (C=O) groups is 1. The summed E-state index contributed by atoms with van der Waals surface area (Å²) in [6.45, 7) is 3.78. The van der Waals surface area contributed by atoms with Gasteiger partial charge in [-0.1, -0.05) is 6.07 Å². The smallest absolute Gasteiger partial charge is 0.367 e. The molecule has 1 N–H and O–H groups in total. The summed E-state index contributed by atoms with van der Waals surface area (Å²) in [5.74, 6) is 0.136. The number of pyridine rings is 2. The number of nitrogens with one attached hydrogen (secondary N) is 1. The maximum absolute atomic E-state index is 13.1. The summed E-state index contributed by atoms with van der Waals surface area (Å²) in [5.41, 5.74) is 0.836. The van der Waals surface area contributed by atoms with Crippen LogP contribution in [0.15, 0.2) is 42.7 Å². The number of hydrogen-bond donors (Lipinski definition) is 1. The van der Waals surface area contributed by atoms with Crippen molar-refractivity contribution in [3.05, 3.63) is 48.4 Å². The SMILES string of the molecule is [B]C1([B])CCN(C2CCN([C@@H](C)C(F)(F)F)CC2)CCN1c1cccc(C(=O)Nc2ccncc2)n1. The molecule has 1 atom stereocenters. The van der Waals surface area contributed by atoms with E-state index < -0.39 is 17.6 Å². The van der Waals surface area contributed by atoms with Gasteiger partial charge in [0.25, 0.3) is 5.91 Å². The molecule has 2 aromatic heterocycles. The predicted molar refractivity (Wildman–Crippen MR) is 134 cm³/mol. The number of likely N-dealkylation sites (tertiary alicyclic amines) is 1. The van der Waals surface area contributed by atoms with Crippen molar-refractivity contribution in [2.45, 2.75) is 49.8 Å². The first-order chi connectivity index (χ1) is 17.0. The molecule has 4 heterocycles. The Kier molecular flexibility index (Phi) is 7.94. The molecule has 2 aliphatic heterocycles. The van der Waals surface area contributed by atoms with E-state index in [0.29, 0.717) is 63.5 Å². The fourth-order valence-electron chi connectivity index (χ4n) is 4.87. The first-order valence-corrected chi connectivity index (χ1v) is 12.1. The monoisotopic (exact) mass is 496 g/mol. The second kappa shape index (κ2) is 10.8. The van der Waals surface area contributed by atoms with E-state index in [9.17, 15) is 18.0 Å². The maximum atomic E-state index is 13.1. The number of rotatable bonds is 5. The van der Waals surface area contributed by atoms with Crippen LogP contribution in [0.4, 0.5) is 24.7 Å². The highest BCUT2D eigenvalue weighted by Gasteiger charge is 2.42. The van der Waals surface area contributed by atoms with Crippen LogP contribution < -0.4 is 10.2 Å². The first-order valence-electron chi connectivity index (χ1n) is 12.1. The van der Waals surface area contributed by atoms with Crippen molar-refractivity contribution in [1.82, 2.24) is 19.8 Å². The molecule has 1 amide bonds. The van der Waals surface area contributed by atoms with Crippen LogP contribution in [0.3, 0.4) is 0 Å². The first kappa shape index (κ1) is 26.5. The Bertz CT molecular complexity index is 1030. The minimum atomic E-state index is -4.22. The molecule has 0 bridgehead atoms. The van der Waals surface area contributed by atoms with Crippen LogP contribution in [-0.4, -0.2) is 97.7 Å². The lowest BCUT2D eigenvalue weighted by molar-refractivity contribution is -0.182. The summed E-state index contributed by atoms with van der Waals surface area (Å²) in [5, 5.41) is 1.60. The Balaban J connectivity index is 1.41. The van der Waals surface area contributed by atoms with Crippen LogP contribution in [0.1, 0.15) is 36.7 Å². The number of amides is 1. The molecule has 7 nitrogen and oxygen atoms in total. The number of alkyl halides is 3. The average Bonchev–Trinajstić information content (AvgIpc) is 3.01. The van der Waals surface area contributed by atoms with Gasteiger partial charge in [-0.2, -0.15) is 13.2 Å². The zero-order chi connectivity index (χ0) is 25.9. The highest BCUT2D eigenvalue weighted by Crippen LogP contribution is 2.30. The van der Waals surface area contributed by atoms with E-state index in [4.69, 9.17) is 15.7 Å². The van der Waals surface area contributed by atoms with E-state index in [-0.39, 0.29) is 17.6 Å². The van der Waals surface area contributed by atoms with Crippen LogP contribution in [0.5, 0.6) is 0 Å². The normalized spacial score (nSPS) is 21.1. The Hall–Kier alpha value is -2.59. The van der Waals surface area contributed by atoms with Crippen molar-refractivity contribution in [3.63, 3.8) is 0 Å². The van der Waals surface area contributed by atoms with Crippen LogP contribution in [-0.2, 0) is 0 Å². The molecule has 0 saturated carbocycles. The molecule has 4 rings (SSSR count). The molecule has 36 heavy (non-hydrogen) atoms. The topological polar surface area (TPSA) is 64.6 Å². The van der Waals surface area contributed by atoms with Crippen LogP contribution in [0, 0.1) is 0 Å². The lowest BCUT2D eigenvalue weighted by atomic mass is 9.59. The highest BCUT2D eigenvalue weighted by molar-refractivity contribution is 6.41. The molecule has 2 saturated heterocycles. The average molecular weight is 496 g/mol. The number of hydrogen-bond acceptors (Lipinski definition) is 6. The van der Waals surface area contributed by atoms with Gasteiger partial charge < -0.3 is 10.2 Å². The Morgan fingerprint density at radius 2 is 1.78 bits per heavy atom. The second-order valence-corrected chi connectivity index (χ2v) is 9.48. The summed E-state index contributed by atoms with van der Waals surface area (Å²) in [7, 11) is 13.0. The third-order valence-electron chi connectivity index (χ3n) is 7.13. The Morgan fingerprint density at radius 3 is 2.44 bits per heavy atom. The zero-order valence-electron chi connectivity index (χ0n) is 20.3. The molecule has 0 unspecified atom stereocenters. The quantitative estimate of drug-likeness (QED) is 0.643. The van der Waals surface area contributed by atoms with E-state index in [1.165, 1.54) is 11.8 Å². The summed E-state index contributed by atoms with van der Waals surface area (Å²) >= 11 is 0. The lowest BCUT2D eigenvalue weighted by Gasteiger charge is -2.40. The van der Waals surface area contributed by atoms with Gasteiger partial charge in [0.2, 0.25) is 0 Å². The minimum absolute atomic E-state index is 0.169. The number of nitrogens with zero attached hydrogens (tertiary/aromatic N) is 5. The molecule has 4 radical (unpaired) electrons. The molecule has 2 fully saturated rings. The third kappa shape index (κ3) is 6.21. The molecule has 2 aromatic rings. The van der Waals surface area contributed by atoms with Crippen molar-refractivity contribution >= 4 is 33.1 Å². The van der Waals surface area contributed by atoms with Gasteiger partial charge in [-0.05, 0) is 62.3 Å². The van der Waals surface area contributed by atoms with E-state index >= 15 is 0 Å². The minimum Gasteiger partial charge on any atom is -0.367 e. The van der Waals surface area contributed by atoms with E-state index in [1.54, 1.807) is 47.6 Å². The number of anilines is 2. The molecule has 12 heteroatoms. The Morgan fingerprint density at radius 1 is 1.08 bits per heavy atom. The molecular formula is C24H29B2F3N6O. The van der Waals surface area contributed by atoms with Crippen molar-refractivity contribution in [3.8, 4) is 0 Å². The van der Waals surface area contributed by atoms with Gasteiger partial charge in [0, 0.05) is 50.3 Å². The van der Waals surface area contributed by atoms with Crippen molar-refractivity contribution in [2.24, 2.45) is 0 Å². The van der Waals surface area contributed by atoms with E-state index in [0.717, 1.165) is 0 Å². The predicted octanol–water partition coefficient (Wildman–Crippen LogP) is 2.65. The molecule has 0 aliphatic carbocycles. The molecule has 188 valence electrons. The van der Waals surface area contributed by atoms with Crippen molar-refractivity contribution < 1.29 is 18.0 Å². The van der Waals surface area contributed by atoms with Crippen LogP contribution in [0.25, 0.3) is 0 Å². The van der Waals surface area contributed by atoms with Gasteiger partial charge in [0.15, 0.2) is 0 Å². The molecule has 2 aliphatic rings. The van der Waals surface area contributed by atoms with Crippen molar-refractivity contribution in [2.75, 3.05) is 42.9 Å². The summed E-state index contributed by atoms with van der Waals surface area (Å²) in [4.78, 5) is 26.7. The fraction of sp³-hybridized carbons (Fsp3) is 0.542. The molecule has 0 aromatic carbocycles. The maximum Gasteiger partial charge on any atom is 0.403 e. The van der Waals surface area contributed by atoms with E-state index in [1.807, 2.05) is 0 Å². The summed E-state index contributed by atoms with van der Waals surface area (Å²) in [6, 6.07) is 7.23. The fourth-order valence-corrected chi connectivity index (χ4v) is 4.87. The van der Waals surface area contributed by atoms with Gasteiger partial charge in [0.05, 0.1) is 15.7 Å². The number of halogens is 3. The lowest BCUT2D eigenvalue weighted by Crippen LogP contribution is -2.51.